The maximum Gasteiger partial charge on any atom is 0.00654 e. The van der Waals surface area contributed by atoms with E-state index in [4.69, 9.17) is 0 Å². The number of hydrogen-bond donors (Lipinski definition) is 0. The van der Waals surface area contributed by atoms with Crippen LogP contribution in [0.4, 0.5) is 0 Å². The predicted molar refractivity (Wildman–Crippen MR) is 78.9 cm³/mol. The van der Waals surface area contributed by atoms with Gasteiger partial charge >= 0.3 is 0 Å². The molecule has 1 aliphatic carbocycles. The lowest BCUT2D eigenvalue weighted by Gasteiger charge is -2.21. The highest BCUT2D eigenvalue weighted by molar-refractivity contribution is 9.09. The molecule has 0 aromatic heterocycles. The zero-order valence-electron chi connectivity index (χ0n) is 11.0. The smallest absolute Gasteiger partial charge is 0.00654 e. The number of hydrogen-bond acceptors (Lipinski definition) is 0. The highest BCUT2D eigenvalue weighted by Gasteiger charge is 2.24. The van der Waals surface area contributed by atoms with Crippen LogP contribution in [0.5, 0.6) is 0 Å². The Kier molecular flexibility index (Phi) is 4.67. The topological polar surface area (TPSA) is 0 Å². The molecule has 1 saturated carbocycles. The summed E-state index contributed by atoms with van der Waals surface area (Å²) >= 11 is 3.72. The van der Waals surface area contributed by atoms with Gasteiger partial charge in [0.2, 0.25) is 0 Å². The lowest BCUT2D eigenvalue weighted by Crippen LogP contribution is -2.16. The van der Waals surface area contributed by atoms with Crippen molar-refractivity contribution in [2.45, 2.75) is 46.0 Å². The Hall–Kier alpha value is -0.300. The van der Waals surface area contributed by atoms with Crippen molar-refractivity contribution in [2.24, 2.45) is 11.8 Å². The van der Waals surface area contributed by atoms with E-state index in [0.29, 0.717) is 0 Å². The molecule has 94 valence electrons. The van der Waals surface area contributed by atoms with E-state index in [-0.39, 0.29) is 0 Å². The Bertz CT molecular complexity index is 364. The second kappa shape index (κ2) is 6.04. The van der Waals surface area contributed by atoms with Crippen molar-refractivity contribution in [2.75, 3.05) is 5.33 Å². The first-order valence-electron chi connectivity index (χ1n) is 6.83. The van der Waals surface area contributed by atoms with Gasteiger partial charge in [-0.2, -0.15) is 0 Å². The van der Waals surface area contributed by atoms with Crippen molar-refractivity contribution in [1.29, 1.82) is 0 Å². The van der Waals surface area contributed by atoms with Crippen LogP contribution in [0.2, 0.25) is 0 Å². The fourth-order valence-electron chi connectivity index (χ4n) is 3.01. The number of halogens is 1. The first-order chi connectivity index (χ1) is 8.20. The SMILES string of the molecule is Cc1ccc(CC(CBr)C2CCCC2)cc1C. The minimum Gasteiger partial charge on any atom is -0.0925 e. The van der Waals surface area contributed by atoms with Crippen LogP contribution in [0, 0.1) is 25.7 Å². The molecule has 1 atom stereocenters. The molecule has 1 heteroatoms. The summed E-state index contributed by atoms with van der Waals surface area (Å²) in [6.45, 7) is 4.41. The molecule has 0 radical (unpaired) electrons. The van der Waals surface area contributed by atoms with E-state index in [2.05, 4.69) is 48.0 Å². The summed E-state index contributed by atoms with van der Waals surface area (Å²) in [7, 11) is 0. The zero-order chi connectivity index (χ0) is 12.3. The fourth-order valence-corrected chi connectivity index (χ4v) is 3.77. The van der Waals surface area contributed by atoms with Gasteiger partial charge in [0.25, 0.3) is 0 Å². The van der Waals surface area contributed by atoms with Gasteiger partial charge in [0, 0.05) is 5.33 Å². The highest BCUT2D eigenvalue weighted by atomic mass is 79.9. The van der Waals surface area contributed by atoms with E-state index in [1.54, 1.807) is 0 Å². The zero-order valence-corrected chi connectivity index (χ0v) is 12.6. The van der Waals surface area contributed by atoms with E-state index in [0.717, 1.165) is 17.2 Å². The van der Waals surface area contributed by atoms with Crippen molar-refractivity contribution in [1.82, 2.24) is 0 Å². The standard InChI is InChI=1S/C16H23Br/c1-12-7-8-14(9-13(12)2)10-16(11-17)15-5-3-4-6-15/h7-9,15-16H,3-6,10-11H2,1-2H3. The summed E-state index contributed by atoms with van der Waals surface area (Å²) in [4.78, 5) is 0. The van der Waals surface area contributed by atoms with Crippen molar-refractivity contribution in [3.8, 4) is 0 Å². The Morgan fingerprint density at radius 3 is 2.47 bits per heavy atom. The van der Waals surface area contributed by atoms with Crippen LogP contribution in [0.3, 0.4) is 0 Å². The van der Waals surface area contributed by atoms with E-state index in [1.165, 1.54) is 48.8 Å². The lowest BCUT2D eigenvalue weighted by molar-refractivity contribution is 0.373. The fraction of sp³-hybridized carbons (Fsp3) is 0.625. The molecular weight excluding hydrogens is 272 g/mol. The van der Waals surface area contributed by atoms with Crippen LogP contribution >= 0.6 is 15.9 Å². The van der Waals surface area contributed by atoms with E-state index in [9.17, 15) is 0 Å². The maximum absolute atomic E-state index is 3.72. The summed E-state index contributed by atoms with van der Waals surface area (Å²) in [5.74, 6) is 1.79. The first-order valence-corrected chi connectivity index (χ1v) is 7.95. The quantitative estimate of drug-likeness (QED) is 0.682. The minimum absolute atomic E-state index is 0.833. The molecule has 0 spiro atoms. The van der Waals surface area contributed by atoms with Crippen molar-refractivity contribution in [3.05, 3.63) is 34.9 Å². The van der Waals surface area contributed by atoms with Crippen LogP contribution in [-0.2, 0) is 6.42 Å². The second-order valence-electron chi connectivity index (χ2n) is 5.58. The van der Waals surface area contributed by atoms with Crippen molar-refractivity contribution in [3.63, 3.8) is 0 Å². The molecular formula is C16H23Br. The van der Waals surface area contributed by atoms with Crippen LogP contribution in [0.25, 0.3) is 0 Å². The average Bonchev–Trinajstić information content (AvgIpc) is 2.84. The largest absolute Gasteiger partial charge is 0.0925 e. The van der Waals surface area contributed by atoms with Gasteiger partial charge in [-0.3, -0.25) is 0 Å². The molecule has 0 amide bonds. The molecule has 0 aliphatic heterocycles. The van der Waals surface area contributed by atoms with Crippen molar-refractivity contribution >= 4 is 15.9 Å². The molecule has 0 saturated heterocycles. The van der Waals surface area contributed by atoms with Crippen LogP contribution in [0.15, 0.2) is 18.2 Å². The molecule has 0 bridgehead atoms. The van der Waals surface area contributed by atoms with Gasteiger partial charge in [-0.25, -0.2) is 0 Å². The number of aryl methyl sites for hydroxylation is 2. The molecule has 1 unspecified atom stereocenters. The third-order valence-corrected chi connectivity index (χ3v) is 5.17. The summed E-state index contributed by atoms with van der Waals surface area (Å²) in [5, 5.41) is 1.16. The number of alkyl halides is 1. The minimum atomic E-state index is 0.833. The second-order valence-corrected chi connectivity index (χ2v) is 6.23. The van der Waals surface area contributed by atoms with Gasteiger partial charge in [0.15, 0.2) is 0 Å². The van der Waals surface area contributed by atoms with Gasteiger partial charge in [-0.1, -0.05) is 59.8 Å². The summed E-state index contributed by atoms with van der Waals surface area (Å²) in [6.07, 6.45) is 7.03. The van der Waals surface area contributed by atoms with Gasteiger partial charge in [-0.15, -0.1) is 0 Å². The molecule has 1 aliphatic rings. The molecule has 0 nitrogen and oxygen atoms in total. The number of rotatable bonds is 4. The molecule has 17 heavy (non-hydrogen) atoms. The molecule has 1 aromatic carbocycles. The monoisotopic (exact) mass is 294 g/mol. The maximum atomic E-state index is 3.72. The highest BCUT2D eigenvalue weighted by Crippen LogP contribution is 2.34. The first kappa shape index (κ1) is 13.1. The summed E-state index contributed by atoms with van der Waals surface area (Å²) < 4.78 is 0. The molecule has 1 fully saturated rings. The molecule has 2 rings (SSSR count). The molecule has 1 aromatic rings. The van der Waals surface area contributed by atoms with Crippen LogP contribution < -0.4 is 0 Å². The Morgan fingerprint density at radius 2 is 1.88 bits per heavy atom. The van der Waals surface area contributed by atoms with Crippen LogP contribution in [0.1, 0.15) is 42.4 Å². The third-order valence-electron chi connectivity index (χ3n) is 4.33. The average molecular weight is 295 g/mol. The van der Waals surface area contributed by atoms with Gasteiger partial charge in [0.1, 0.15) is 0 Å². The summed E-state index contributed by atoms with van der Waals surface area (Å²) in [6, 6.07) is 6.96. The van der Waals surface area contributed by atoms with E-state index in [1.807, 2.05) is 0 Å². The molecule has 0 N–H and O–H groups in total. The Morgan fingerprint density at radius 1 is 1.18 bits per heavy atom. The van der Waals surface area contributed by atoms with Crippen molar-refractivity contribution < 1.29 is 0 Å². The Labute approximate surface area is 114 Å². The normalized spacial score (nSPS) is 18.5. The number of benzene rings is 1. The van der Waals surface area contributed by atoms with Gasteiger partial charge < -0.3 is 0 Å². The summed E-state index contributed by atoms with van der Waals surface area (Å²) in [5.41, 5.74) is 4.36. The third kappa shape index (κ3) is 3.34. The lowest BCUT2D eigenvalue weighted by atomic mass is 9.86. The Balaban J connectivity index is 2.04. The van der Waals surface area contributed by atoms with Gasteiger partial charge in [0.05, 0.1) is 0 Å². The van der Waals surface area contributed by atoms with Gasteiger partial charge in [-0.05, 0) is 48.8 Å². The molecule has 0 heterocycles. The van der Waals surface area contributed by atoms with E-state index >= 15 is 0 Å². The predicted octanol–water partition coefficient (Wildman–Crippen LogP) is 5.05. The van der Waals surface area contributed by atoms with Crippen LogP contribution in [-0.4, -0.2) is 5.33 Å². The van der Waals surface area contributed by atoms with E-state index < -0.39 is 0 Å².